The third kappa shape index (κ3) is 7.30. The smallest absolute Gasteiger partial charge is 0.0815 e. The van der Waals surface area contributed by atoms with Crippen LogP contribution in [0.5, 0.6) is 0 Å². The fraction of sp³-hybridized carbons (Fsp3) is 0.167. The number of halogens is 4. The van der Waals surface area contributed by atoms with Gasteiger partial charge in [0.05, 0.1) is 29.6 Å². The number of rotatable bonds is 8. The highest BCUT2D eigenvalue weighted by Gasteiger charge is 2.34. The molecule has 6 aromatic rings. The van der Waals surface area contributed by atoms with Crippen LogP contribution in [0.25, 0.3) is 11.1 Å². The van der Waals surface area contributed by atoms with Crippen molar-refractivity contribution in [3.8, 4) is 0 Å². The molecule has 0 spiro atoms. The molecule has 3 aliphatic rings. The van der Waals surface area contributed by atoms with Gasteiger partial charge in [0.2, 0.25) is 0 Å². The Morgan fingerprint density at radius 3 is 1.50 bits per heavy atom. The predicted octanol–water partition coefficient (Wildman–Crippen LogP) is 11.1. The molecule has 278 valence electrons. The molecule has 4 unspecified atom stereocenters. The number of hydrogen-bond acceptors (Lipinski definition) is 2. The molecule has 0 saturated heterocycles. The first-order valence-electron chi connectivity index (χ1n) is 18.8. The van der Waals surface area contributed by atoms with E-state index in [2.05, 4.69) is 219 Å². The second-order valence-corrected chi connectivity index (χ2v) is 16.7. The summed E-state index contributed by atoms with van der Waals surface area (Å²) in [7, 11) is 0. The molecule has 0 aliphatic carbocycles. The van der Waals surface area contributed by atoms with Crippen LogP contribution in [0.3, 0.4) is 0 Å². The minimum atomic E-state index is -0.134. The van der Waals surface area contributed by atoms with Gasteiger partial charge in [0.15, 0.2) is 0 Å². The lowest BCUT2D eigenvalue weighted by Gasteiger charge is -2.23. The maximum Gasteiger partial charge on any atom is 0.0815 e. The molecular weight excluding hydrogens is 952 g/mol. The number of aromatic nitrogens is 2. The molecule has 0 radical (unpaired) electrons. The fourth-order valence-electron chi connectivity index (χ4n) is 8.17. The highest BCUT2D eigenvalue weighted by atomic mass is 79.9. The number of fused-ring (bicyclic) bond motifs is 6. The van der Waals surface area contributed by atoms with Gasteiger partial charge in [0.1, 0.15) is 0 Å². The number of nitrogens with one attached hydrogen (secondary N) is 2. The van der Waals surface area contributed by atoms with Crippen molar-refractivity contribution in [2.24, 2.45) is 9.98 Å². The lowest BCUT2D eigenvalue weighted by Crippen LogP contribution is -2.23. The molecule has 0 fully saturated rings. The van der Waals surface area contributed by atoms with E-state index >= 15 is 0 Å². The molecule has 56 heavy (non-hydrogen) atoms. The first-order chi connectivity index (χ1) is 27.5. The zero-order valence-corrected chi connectivity index (χ0v) is 36.7. The number of benzene rings is 4. The summed E-state index contributed by atoms with van der Waals surface area (Å²) in [4.78, 5) is 19.0. The Kier molecular flexibility index (Phi) is 11.0. The molecule has 4 nitrogen and oxygen atoms in total. The molecule has 8 bridgehead atoms. The molecule has 2 aromatic heterocycles. The molecule has 0 amide bonds. The van der Waals surface area contributed by atoms with E-state index in [-0.39, 0.29) is 23.9 Å². The van der Waals surface area contributed by atoms with Crippen molar-refractivity contribution in [3.63, 3.8) is 0 Å². The topological polar surface area (TPSA) is 56.3 Å². The highest BCUT2D eigenvalue weighted by molar-refractivity contribution is 9.09. The Morgan fingerprint density at radius 2 is 0.929 bits per heavy atom. The van der Waals surface area contributed by atoms with E-state index in [1.165, 1.54) is 33.4 Å². The minimum absolute atomic E-state index is 0.0250. The molecule has 9 rings (SSSR count). The van der Waals surface area contributed by atoms with Crippen LogP contribution in [-0.4, -0.2) is 33.5 Å². The summed E-state index contributed by atoms with van der Waals surface area (Å²) in [5.74, 6) is -0.0837. The first-order valence-corrected chi connectivity index (χ1v) is 23.3. The molecule has 0 saturated carbocycles. The molecular formula is C48H38Br4N4. The number of alkyl halides is 4. The molecule has 4 aromatic carbocycles. The second-order valence-electron chi connectivity index (χ2n) is 14.5. The van der Waals surface area contributed by atoms with Crippen molar-refractivity contribution in [2.75, 3.05) is 0 Å². The SMILES string of the molecule is BrCc1ccc(C2=c3cc/c([nH]3)=C(\c3ccc(CBr)cc3)c3ccc([nH]3)C(c3ccc(CBr)cc3)C3C=CC(=N3)C(c3ccc(CBr)cc3)C3C=CC2=N3)cc1. The number of allylic oxidation sites excluding steroid dienone is 2. The van der Waals surface area contributed by atoms with E-state index in [9.17, 15) is 0 Å². The number of hydrogen-bond donors (Lipinski definition) is 2. The summed E-state index contributed by atoms with van der Waals surface area (Å²) in [6.45, 7) is 0. The standard InChI is InChI=1S/C48H38Br4N4/c49-25-29-1-9-33(10-2-29)45-37-17-19-39(53-37)46(34-11-3-30(26-50)4-12-34)41-21-23-43(55-41)48(36-15-7-32(28-52)8-16-36)44-24-22-42(56-44)47(40-20-18-38(45)54-40)35-13-5-31(27-51)6-14-35/h1-24,37,40,45,47,55-56H,25-28H2/b46-41?,48-43-. The largest absolute Gasteiger partial charge is 0.358 e. The summed E-state index contributed by atoms with van der Waals surface area (Å²) in [5.41, 5.74) is 16.0. The van der Waals surface area contributed by atoms with Crippen LogP contribution in [0, 0.1) is 0 Å². The van der Waals surface area contributed by atoms with E-state index in [1.54, 1.807) is 0 Å². The Labute approximate surface area is 360 Å². The Morgan fingerprint density at radius 1 is 0.446 bits per heavy atom. The van der Waals surface area contributed by atoms with E-state index in [0.717, 1.165) is 77.1 Å². The van der Waals surface area contributed by atoms with Crippen LogP contribution in [0.15, 0.2) is 156 Å². The Balaban J connectivity index is 1.32. The lowest BCUT2D eigenvalue weighted by molar-refractivity contribution is 0.686. The van der Waals surface area contributed by atoms with Gasteiger partial charge in [-0.15, -0.1) is 0 Å². The van der Waals surface area contributed by atoms with Crippen molar-refractivity contribution in [1.29, 1.82) is 0 Å². The molecule has 2 N–H and O–H groups in total. The first kappa shape index (κ1) is 37.5. The number of nitrogens with zero attached hydrogens (tertiary/aromatic N) is 2. The van der Waals surface area contributed by atoms with Gasteiger partial charge in [-0.05, 0) is 80.9 Å². The van der Waals surface area contributed by atoms with Crippen molar-refractivity contribution in [2.45, 2.75) is 45.2 Å². The highest BCUT2D eigenvalue weighted by Crippen LogP contribution is 2.38. The monoisotopic (exact) mass is 986 g/mol. The Bertz CT molecular complexity index is 2630. The van der Waals surface area contributed by atoms with E-state index in [0.29, 0.717) is 0 Å². The molecule has 4 atom stereocenters. The van der Waals surface area contributed by atoms with Gasteiger partial charge in [-0.25, -0.2) is 0 Å². The zero-order chi connectivity index (χ0) is 38.2. The van der Waals surface area contributed by atoms with E-state index < -0.39 is 0 Å². The molecule has 3 aliphatic heterocycles. The summed E-state index contributed by atoms with van der Waals surface area (Å²) in [5, 5.41) is 5.29. The van der Waals surface area contributed by atoms with Crippen molar-refractivity contribution >= 4 is 86.3 Å². The van der Waals surface area contributed by atoms with Gasteiger partial charge in [0.25, 0.3) is 0 Å². The summed E-state index contributed by atoms with van der Waals surface area (Å²) in [6.07, 6.45) is 9.03. The predicted molar refractivity (Wildman–Crippen MR) is 247 cm³/mol. The molecule has 5 heterocycles. The average Bonchev–Trinajstić information content (AvgIpc) is 4.10. The van der Waals surface area contributed by atoms with Gasteiger partial charge in [0, 0.05) is 60.3 Å². The van der Waals surface area contributed by atoms with Crippen molar-refractivity contribution in [3.05, 3.63) is 212 Å². The third-order valence-corrected chi connectivity index (χ3v) is 13.7. The van der Waals surface area contributed by atoms with Crippen LogP contribution < -0.4 is 10.7 Å². The van der Waals surface area contributed by atoms with E-state index in [1.807, 2.05) is 0 Å². The summed E-state index contributed by atoms with van der Waals surface area (Å²) in [6, 6.07) is 44.2. The van der Waals surface area contributed by atoms with Crippen molar-refractivity contribution in [1.82, 2.24) is 9.97 Å². The normalized spacial score (nSPS) is 21.0. The lowest BCUT2D eigenvalue weighted by atomic mass is 9.87. The van der Waals surface area contributed by atoms with Gasteiger partial charge < -0.3 is 9.97 Å². The van der Waals surface area contributed by atoms with Crippen LogP contribution in [0.2, 0.25) is 0 Å². The summed E-state index contributed by atoms with van der Waals surface area (Å²) >= 11 is 14.6. The number of aromatic amines is 2. The molecule has 8 heteroatoms. The number of aliphatic imine (C=N–C) groups is 2. The maximum absolute atomic E-state index is 5.61. The van der Waals surface area contributed by atoms with Crippen molar-refractivity contribution < 1.29 is 0 Å². The van der Waals surface area contributed by atoms with Gasteiger partial charge in [-0.1, -0.05) is 173 Å². The number of H-pyrrole nitrogens is 2. The van der Waals surface area contributed by atoms with Gasteiger partial charge in [-0.3, -0.25) is 9.98 Å². The third-order valence-electron chi connectivity index (χ3n) is 11.1. The van der Waals surface area contributed by atoms with Crippen LogP contribution in [0.4, 0.5) is 0 Å². The average molecular weight is 990 g/mol. The quantitative estimate of drug-likeness (QED) is 0.143. The van der Waals surface area contributed by atoms with Crippen LogP contribution in [0.1, 0.15) is 67.7 Å². The van der Waals surface area contributed by atoms with Gasteiger partial charge in [-0.2, -0.15) is 0 Å². The van der Waals surface area contributed by atoms with Crippen LogP contribution in [-0.2, 0) is 21.3 Å². The van der Waals surface area contributed by atoms with E-state index in [4.69, 9.17) is 9.98 Å². The van der Waals surface area contributed by atoms with Crippen LogP contribution >= 0.6 is 63.7 Å². The zero-order valence-electron chi connectivity index (χ0n) is 30.4. The summed E-state index contributed by atoms with van der Waals surface area (Å²) < 4.78 is 0. The second kappa shape index (κ2) is 16.4. The Hall–Kier alpha value is -4.08. The van der Waals surface area contributed by atoms with Gasteiger partial charge >= 0.3 is 0 Å². The minimum Gasteiger partial charge on any atom is -0.358 e. The fourth-order valence-corrected chi connectivity index (χ4v) is 9.67. The maximum atomic E-state index is 5.61.